The van der Waals surface area contributed by atoms with E-state index in [4.69, 9.17) is 0 Å². The van der Waals surface area contributed by atoms with E-state index in [2.05, 4.69) is 5.43 Å². The van der Waals surface area contributed by atoms with E-state index in [9.17, 15) is 4.79 Å². The quantitative estimate of drug-likeness (QED) is 0.604. The number of amides is 1. The van der Waals surface area contributed by atoms with Crippen LogP contribution in [0.15, 0.2) is 42.0 Å². The van der Waals surface area contributed by atoms with Crippen LogP contribution in [-0.4, -0.2) is 13.0 Å². The van der Waals surface area contributed by atoms with Gasteiger partial charge in [-0.2, -0.15) is 0 Å². The van der Waals surface area contributed by atoms with Crippen LogP contribution in [0.3, 0.4) is 0 Å². The number of benzene rings is 1. The third-order valence-corrected chi connectivity index (χ3v) is 1.87. The molecule has 3 heteroatoms. The van der Waals surface area contributed by atoms with Gasteiger partial charge in [0, 0.05) is 13.1 Å². The number of anilines is 1. The topological polar surface area (TPSA) is 32.3 Å². The number of nitrogens with one attached hydrogen (secondary N) is 1. The lowest BCUT2D eigenvalue weighted by molar-refractivity contribution is -0.114. The van der Waals surface area contributed by atoms with Crippen LogP contribution in [-0.2, 0) is 4.79 Å². The van der Waals surface area contributed by atoms with Crippen molar-refractivity contribution in [3.05, 3.63) is 42.0 Å². The van der Waals surface area contributed by atoms with Gasteiger partial charge in [-0.25, -0.2) is 10.4 Å². The second-order valence-corrected chi connectivity index (χ2v) is 3.45. The maximum absolute atomic E-state index is 11.8. The molecule has 1 aromatic rings. The molecule has 1 aromatic carbocycles. The number of carbonyl (C=O) groups excluding carboxylic acids is 1. The van der Waals surface area contributed by atoms with Crippen molar-refractivity contribution < 1.29 is 4.79 Å². The lowest BCUT2D eigenvalue weighted by Gasteiger charge is -2.19. The van der Waals surface area contributed by atoms with Gasteiger partial charge in [0.05, 0.1) is 5.69 Å². The molecule has 0 heterocycles. The van der Waals surface area contributed by atoms with Gasteiger partial charge >= 0.3 is 0 Å². The van der Waals surface area contributed by atoms with Crippen LogP contribution < -0.4 is 10.4 Å². The van der Waals surface area contributed by atoms with Crippen molar-refractivity contribution in [2.24, 2.45) is 0 Å². The Balaban J connectivity index is 2.90. The summed E-state index contributed by atoms with van der Waals surface area (Å²) in [6, 6.07) is 9.48. The average Bonchev–Trinajstić information content (AvgIpc) is 2.19. The molecule has 0 radical (unpaired) electrons. The van der Waals surface area contributed by atoms with Crippen molar-refractivity contribution in [2.75, 3.05) is 12.1 Å². The molecule has 0 spiro atoms. The predicted molar refractivity (Wildman–Crippen MR) is 62.4 cm³/mol. The zero-order valence-electron chi connectivity index (χ0n) is 9.32. The van der Waals surface area contributed by atoms with Crippen molar-refractivity contribution in [2.45, 2.75) is 13.8 Å². The summed E-state index contributed by atoms with van der Waals surface area (Å²) in [5.74, 6) is -0.0660. The molecular formula is C12H16N2O. The van der Waals surface area contributed by atoms with E-state index in [0.717, 1.165) is 11.3 Å². The fourth-order valence-corrected chi connectivity index (χ4v) is 1.26. The van der Waals surface area contributed by atoms with E-state index in [1.807, 2.05) is 44.2 Å². The third-order valence-electron chi connectivity index (χ3n) is 1.87. The van der Waals surface area contributed by atoms with Crippen molar-refractivity contribution in [1.82, 2.24) is 5.43 Å². The maximum atomic E-state index is 11.8. The second kappa shape index (κ2) is 5.32. The van der Waals surface area contributed by atoms with Crippen molar-refractivity contribution in [1.29, 1.82) is 0 Å². The van der Waals surface area contributed by atoms with Gasteiger partial charge in [-0.3, -0.25) is 4.79 Å². The highest BCUT2D eigenvalue weighted by molar-refractivity contribution is 6.00. The number of hydrogen-bond acceptors (Lipinski definition) is 2. The first-order valence-corrected chi connectivity index (χ1v) is 4.86. The monoisotopic (exact) mass is 204 g/mol. The minimum Gasteiger partial charge on any atom is -0.268 e. The van der Waals surface area contributed by atoms with Gasteiger partial charge in [0.15, 0.2) is 0 Å². The summed E-state index contributed by atoms with van der Waals surface area (Å²) >= 11 is 0. The number of para-hydroxylation sites is 1. The molecule has 0 aliphatic carbocycles. The molecule has 0 aliphatic heterocycles. The van der Waals surface area contributed by atoms with Crippen LogP contribution in [0.1, 0.15) is 13.8 Å². The fraction of sp³-hybridized carbons (Fsp3) is 0.250. The normalized spacial score (nSPS) is 9.53. The highest BCUT2D eigenvalue weighted by atomic mass is 16.2. The number of carbonyl (C=O) groups is 1. The van der Waals surface area contributed by atoms with E-state index in [1.165, 1.54) is 5.01 Å². The summed E-state index contributed by atoms with van der Waals surface area (Å²) in [7, 11) is 1.73. The second-order valence-electron chi connectivity index (χ2n) is 3.45. The van der Waals surface area contributed by atoms with Gasteiger partial charge in [0.1, 0.15) is 0 Å². The zero-order valence-corrected chi connectivity index (χ0v) is 9.32. The van der Waals surface area contributed by atoms with Crippen LogP contribution >= 0.6 is 0 Å². The third kappa shape index (κ3) is 3.22. The standard InChI is InChI=1S/C12H16N2O/c1-10(2)9-12(15)14(13-3)11-7-5-4-6-8-11/h4-9,13H,1-3H3. The Morgan fingerprint density at radius 3 is 2.33 bits per heavy atom. The molecular weight excluding hydrogens is 188 g/mol. The van der Waals surface area contributed by atoms with Crippen LogP contribution in [0.5, 0.6) is 0 Å². The van der Waals surface area contributed by atoms with Crippen LogP contribution in [0, 0.1) is 0 Å². The Morgan fingerprint density at radius 2 is 1.87 bits per heavy atom. The average molecular weight is 204 g/mol. The van der Waals surface area contributed by atoms with Gasteiger partial charge < -0.3 is 0 Å². The molecule has 0 unspecified atom stereocenters. The van der Waals surface area contributed by atoms with E-state index in [-0.39, 0.29) is 5.91 Å². The van der Waals surface area contributed by atoms with Crippen LogP contribution in [0.4, 0.5) is 5.69 Å². The molecule has 1 amide bonds. The summed E-state index contributed by atoms with van der Waals surface area (Å²) in [6.07, 6.45) is 1.60. The Hall–Kier alpha value is -1.61. The molecule has 0 aliphatic rings. The van der Waals surface area contributed by atoms with Crippen molar-refractivity contribution in [3.63, 3.8) is 0 Å². The molecule has 3 nitrogen and oxygen atoms in total. The molecule has 0 atom stereocenters. The Bertz CT molecular complexity index is 353. The largest absolute Gasteiger partial charge is 0.268 e. The highest BCUT2D eigenvalue weighted by Crippen LogP contribution is 2.11. The molecule has 0 fully saturated rings. The molecule has 15 heavy (non-hydrogen) atoms. The smallest absolute Gasteiger partial charge is 0.265 e. The summed E-state index contributed by atoms with van der Waals surface area (Å²) < 4.78 is 0. The Morgan fingerprint density at radius 1 is 1.27 bits per heavy atom. The van der Waals surface area contributed by atoms with Gasteiger partial charge in [-0.1, -0.05) is 23.8 Å². The van der Waals surface area contributed by atoms with Gasteiger partial charge in [0.2, 0.25) is 0 Å². The summed E-state index contributed by atoms with van der Waals surface area (Å²) in [6.45, 7) is 3.80. The van der Waals surface area contributed by atoms with Crippen molar-refractivity contribution >= 4 is 11.6 Å². The number of nitrogens with zero attached hydrogens (tertiary/aromatic N) is 1. The number of hydrazine groups is 1. The summed E-state index contributed by atoms with van der Waals surface area (Å²) in [4.78, 5) is 11.8. The zero-order chi connectivity index (χ0) is 11.3. The first-order chi connectivity index (χ1) is 7.15. The predicted octanol–water partition coefficient (Wildman–Crippen LogP) is 2.12. The molecule has 0 aromatic heterocycles. The van der Waals surface area contributed by atoms with Crippen LogP contribution in [0.25, 0.3) is 0 Å². The summed E-state index contributed by atoms with van der Waals surface area (Å²) in [5, 5.41) is 1.51. The Kier molecular flexibility index (Phi) is 4.06. The molecule has 0 bridgehead atoms. The molecule has 1 rings (SSSR count). The lowest BCUT2D eigenvalue weighted by atomic mass is 10.3. The summed E-state index contributed by atoms with van der Waals surface area (Å²) in [5.41, 5.74) is 4.68. The maximum Gasteiger partial charge on any atom is 0.265 e. The van der Waals surface area contributed by atoms with Gasteiger partial charge in [0.25, 0.3) is 5.91 Å². The van der Waals surface area contributed by atoms with Crippen molar-refractivity contribution in [3.8, 4) is 0 Å². The van der Waals surface area contributed by atoms with E-state index < -0.39 is 0 Å². The highest BCUT2D eigenvalue weighted by Gasteiger charge is 2.10. The fourth-order valence-electron chi connectivity index (χ4n) is 1.26. The van der Waals surface area contributed by atoms with Gasteiger partial charge in [-0.15, -0.1) is 0 Å². The molecule has 0 saturated heterocycles. The number of rotatable bonds is 3. The van der Waals surface area contributed by atoms with Gasteiger partial charge in [-0.05, 0) is 26.0 Å². The van der Waals surface area contributed by atoms with E-state index in [0.29, 0.717) is 0 Å². The number of hydrogen-bond donors (Lipinski definition) is 1. The SMILES string of the molecule is CNN(C(=O)C=C(C)C)c1ccccc1. The Labute approximate surface area is 90.4 Å². The molecule has 0 saturated carbocycles. The minimum atomic E-state index is -0.0660. The lowest BCUT2D eigenvalue weighted by Crippen LogP contribution is -2.39. The van der Waals surface area contributed by atoms with E-state index >= 15 is 0 Å². The van der Waals surface area contributed by atoms with Crippen LogP contribution in [0.2, 0.25) is 0 Å². The molecule has 1 N–H and O–H groups in total. The number of allylic oxidation sites excluding steroid dienone is 1. The molecule has 80 valence electrons. The van der Waals surface area contributed by atoms with E-state index in [1.54, 1.807) is 13.1 Å². The first kappa shape index (κ1) is 11.5. The first-order valence-electron chi connectivity index (χ1n) is 4.86. The minimum absolute atomic E-state index is 0.0660.